The van der Waals surface area contributed by atoms with E-state index in [-0.39, 0.29) is 0 Å². The summed E-state index contributed by atoms with van der Waals surface area (Å²) in [6.45, 7) is 2.12. The van der Waals surface area contributed by atoms with Crippen LogP contribution in [0.1, 0.15) is 17.6 Å². The topological polar surface area (TPSA) is 43.6 Å². The molecule has 0 spiro atoms. The van der Waals surface area contributed by atoms with E-state index in [4.69, 9.17) is 11.6 Å². The molecule has 0 aliphatic heterocycles. The Morgan fingerprint density at radius 2 is 2.09 bits per heavy atom. The highest BCUT2D eigenvalue weighted by molar-refractivity contribution is 7.98. The summed E-state index contributed by atoms with van der Waals surface area (Å²) in [5.74, 6) is 1.57. The van der Waals surface area contributed by atoms with Crippen LogP contribution in [-0.2, 0) is 19.2 Å². The zero-order valence-corrected chi connectivity index (χ0v) is 14.7. The van der Waals surface area contributed by atoms with Gasteiger partial charge >= 0.3 is 0 Å². The Kier molecular flexibility index (Phi) is 4.81. The number of aryl methyl sites for hydroxylation is 1. The minimum absolute atomic E-state index is 0.682. The minimum Gasteiger partial charge on any atom is -0.305 e. The van der Waals surface area contributed by atoms with Crippen molar-refractivity contribution in [2.45, 2.75) is 24.3 Å². The molecule has 0 atom stereocenters. The number of hydrogen-bond acceptors (Lipinski definition) is 5. The van der Waals surface area contributed by atoms with E-state index in [1.54, 1.807) is 23.1 Å². The molecule has 0 saturated heterocycles. The van der Waals surface area contributed by atoms with E-state index in [0.29, 0.717) is 5.02 Å². The number of thiazole rings is 1. The molecule has 0 fully saturated rings. The molecule has 0 N–H and O–H groups in total. The lowest BCUT2D eigenvalue weighted by molar-refractivity contribution is 0.793. The van der Waals surface area contributed by atoms with Crippen molar-refractivity contribution in [1.29, 1.82) is 0 Å². The fourth-order valence-electron chi connectivity index (χ4n) is 2.03. The van der Waals surface area contributed by atoms with Gasteiger partial charge in [-0.3, -0.25) is 0 Å². The molecule has 114 valence electrons. The molecule has 2 heterocycles. The number of halogens is 1. The van der Waals surface area contributed by atoms with Crippen LogP contribution in [0.2, 0.25) is 5.02 Å². The number of thioether (sulfide) groups is 1. The molecular weight excluding hydrogens is 336 g/mol. The van der Waals surface area contributed by atoms with E-state index in [1.807, 2.05) is 35.9 Å². The van der Waals surface area contributed by atoms with Gasteiger partial charge in [-0.25, -0.2) is 4.98 Å². The molecule has 1 aromatic carbocycles. The Hall–Kier alpha value is -1.37. The number of rotatable bonds is 5. The summed E-state index contributed by atoms with van der Waals surface area (Å²) < 4.78 is 1.97. The standard InChI is InChI=1S/C15H15ClN4S2/c1-3-13-17-10(8-21-13)9-22-15-19-18-14(20(15)2)11-6-4-5-7-12(11)16/h4-8H,3,9H2,1-2H3. The summed E-state index contributed by atoms with van der Waals surface area (Å²) in [6.07, 6.45) is 0.982. The normalized spacial score (nSPS) is 11.0. The summed E-state index contributed by atoms with van der Waals surface area (Å²) in [6, 6.07) is 7.67. The van der Waals surface area contributed by atoms with Gasteiger partial charge in [0.1, 0.15) is 0 Å². The Balaban J connectivity index is 1.77. The van der Waals surface area contributed by atoms with Crippen LogP contribution >= 0.6 is 34.7 Å². The van der Waals surface area contributed by atoms with E-state index in [1.165, 1.54) is 5.01 Å². The lowest BCUT2D eigenvalue weighted by Gasteiger charge is -2.04. The Bertz CT molecular complexity index is 781. The number of aromatic nitrogens is 4. The van der Waals surface area contributed by atoms with E-state index in [2.05, 4.69) is 27.5 Å². The third-order valence-electron chi connectivity index (χ3n) is 3.20. The molecule has 0 unspecified atom stereocenters. The summed E-state index contributed by atoms with van der Waals surface area (Å²) in [5.41, 5.74) is 1.99. The molecule has 0 radical (unpaired) electrons. The first-order valence-electron chi connectivity index (χ1n) is 6.89. The van der Waals surface area contributed by atoms with Crippen molar-refractivity contribution in [3.63, 3.8) is 0 Å². The smallest absolute Gasteiger partial charge is 0.191 e. The van der Waals surface area contributed by atoms with Gasteiger partial charge in [0.15, 0.2) is 11.0 Å². The molecular formula is C15H15ClN4S2. The Labute approximate surface area is 142 Å². The van der Waals surface area contributed by atoms with Gasteiger partial charge in [-0.15, -0.1) is 21.5 Å². The van der Waals surface area contributed by atoms with Gasteiger partial charge in [0.2, 0.25) is 0 Å². The van der Waals surface area contributed by atoms with Crippen LogP contribution in [0.25, 0.3) is 11.4 Å². The predicted molar refractivity (Wildman–Crippen MR) is 92.5 cm³/mol. The molecule has 0 aliphatic rings. The fraction of sp³-hybridized carbons (Fsp3) is 0.267. The zero-order chi connectivity index (χ0) is 15.5. The molecule has 0 bridgehead atoms. The maximum absolute atomic E-state index is 6.24. The van der Waals surface area contributed by atoms with Crippen molar-refractivity contribution in [3.05, 3.63) is 45.4 Å². The molecule has 0 aliphatic carbocycles. The molecule has 0 amide bonds. The highest BCUT2D eigenvalue weighted by Gasteiger charge is 2.14. The van der Waals surface area contributed by atoms with Gasteiger partial charge in [0, 0.05) is 23.7 Å². The lowest BCUT2D eigenvalue weighted by Crippen LogP contribution is -1.95. The van der Waals surface area contributed by atoms with Crippen LogP contribution in [0.4, 0.5) is 0 Å². The van der Waals surface area contributed by atoms with Gasteiger partial charge in [0.05, 0.1) is 15.7 Å². The van der Waals surface area contributed by atoms with E-state index in [0.717, 1.165) is 34.4 Å². The maximum atomic E-state index is 6.24. The second-order valence-corrected chi connectivity index (χ2v) is 7.01. The van der Waals surface area contributed by atoms with E-state index < -0.39 is 0 Å². The van der Waals surface area contributed by atoms with E-state index in [9.17, 15) is 0 Å². The van der Waals surface area contributed by atoms with Crippen LogP contribution in [0.15, 0.2) is 34.8 Å². The molecule has 22 heavy (non-hydrogen) atoms. The highest BCUT2D eigenvalue weighted by atomic mass is 35.5. The molecule has 2 aromatic heterocycles. The molecule has 3 rings (SSSR count). The number of benzene rings is 1. The van der Waals surface area contributed by atoms with Crippen LogP contribution in [0.5, 0.6) is 0 Å². The average molecular weight is 351 g/mol. The van der Waals surface area contributed by atoms with Gasteiger partial charge in [-0.05, 0) is 18.6 Å². The largest absolute Gasteiger partial charge is 0.305 e. The van der Waals surface area contributed by atoms with Gasteiger partial charge in [-0.1, -0.05) is 42.4 Å². The molecule has 4 nitrogen and oxygen atoms in total. The van der Waals surface area contributed by atoms with Gasteiger partial charge in [0.25, 0.3) is 0 Å². The van der Waals surface area contributed by atoms with Crippen molar-refractivity contribution >= 4 is 34.7 Å². The highest BCUT2D eigenvalue weighted by Crippen LogP contribution is 2.29. The molecule has 0 saturated carbocycles. The minimum atomic E-state index is 0.682. The summed E-state index contributed by atoms with van der Waals surface area (Å²) in [7, 11) is 1.96. The number of hydrogen-bond donors (Lipinski definition) is 0. The van der Waals surface area contributed by atoms with Crippen molar-refractivity contribution in [1.82, 2.24) is 19.7 Å². The Morgan fingerprint density at radius 3 is 2.82 bits per heavy atom. The average Bonchev–Trinajstić information content (AvgIpc) is 3.13. The van der Waals surface area contributed by atoms with E-state index >= 15 is 0 Å². The predicted octanol–water partition coefficient (Wildman–Crippen LogP) is 4.45. The summed E-state index contributed by atoms with van der Waals surface area (Å²) in [5, 5.41) is 13.4. The SMILES string of the molecule is CCc1nc(CSc2nnc(-c3ccccc3Cl)n2C)cs1. The maximum Gasteiger partial charge on any atom is 0.191 e. The van der Waals surface area contributed by atoms with Crippen LogP contribution in [0, 0.1) is 0 Å². The first-order chi connectivity index (χ1) is 10.7. The molecule has 3 aromatic rings. The fourth-order valence-corrected chi connectivity index (χ4v) is 3.91. The quantitative estimate of drug-likeness (QED) is 0.638. The second-order valence-electron chi connectivity index (χ2n) is 4.72. The first-order valence-corrected chi connectivity index (χ1v) is 9.13. The number of nitrogens with zero attached hydrogens (tertiary/aromatic N) is 4. The Morgan fingerprint density at radius 1 is 1.27 bits per heavy atom. The first kappa shape index (κ1) is 15.5. The summed E-state index contributed by atoms with van der Waals surface area (Å²) in [4.78, 5) is 4.57. The second kappa shape index (κ2) is 6.81. The summed E-state index contributed by atoms with van der Waals surface area (Å²) >= 11 is 9.58. The van der Waals surface area contributed by atoms with Crippen molar-refractivity contribution < 1.29 is 0 Å². The van der Waals surface area contributed by atoms with Gasteiger partial charge in [-0.2, -0.15) is 0 Å². The third-order valence-corrected chi connectivity index (χ3v) is 5.63. The van der Waals surface area contributed by atoms with Crippen molar-refractivity contribution in [3.8, 4) is 11.4 Å². The van der Waals surface area contributed by atoms with Crippen LogP contribution in [0.3, 0.4) is 0 Å². The van der Waals surface area contributed by atoms with Crippen molar-refractivity contribution in [2.75, 3.05) is 0 Å². The van der Waals surface area contributed by atoms with Crippen LogP contribution < -0.4 is 0 Å². The lowest BCUT2D eigenvalue weighted by atomic mass is 10.2. The molecule has 7 heteroatoms. The van der Waals surface area contributed by atoms with Gasteiger partial charge < -0.3 is 4.57 Å². The third kappa shape index (κ3) is 3.19. The monoisotopic (exact) mass is 350 g/mol. The zero-order valence-electron chi connectivity index (χ0n) is 12.3. The van der Waals surface area contributed by atoms with Crippen LogP contribution in [-0.4, -0.2) is 19.7 Å². The van der Waals surface area contributed by atoms with Crippen molar-refractivity contribution in [2.24, 2.45) is 7.05 Å².